The molecule has 5 heteroatoms. The van der Waals surface area contributed by atoms with Gasteiger partial charge in [0, 0.05) is 11.1 Å². The average molecular weight is 369 g/mol. The standard InChI is InChI=1S/C23H16FN3O/c24-18-13-7-8-14-19(18)27-23(28)20-15-25-21(16-9-3-1-4-10-16)22(26-20)17-11-5-2-6-12-17/h1-15H,(H,27,28). The van der Waals surface area contributed by atoms with Gasteiger partial charge in [-0.1, -0.05) is 72.8 Å². The van der Waals surface area contributed by atoms with Crippen LogP contribution in [0.3, 0.4) is 0 Å². The van der Waals surface area contributed by atoms with Gasteiger partial charge < -0.3 is 5.32 Å². The zero-order chi connectivity index (χ0) is 19.3. The van der Waals surface area contributed by atoms with Crippen molar-refractivity contribution in [3.05, 3.63) is 103 Å². The smallest absolute Gasteiger partial charge is 0.275 e. The number of nitrogens with zero attached hydrogens (tertiary/aromatic N) is 2. The van der Waals surface area contributed by atoms with E-state index < -0.39 is 11.7 Å². The fourth-order valence-electron chi connectivity index (χ4n) is 2.85. The van der Waals surface area contributed by atoms with Crippen molar-refractivity contribution in [1.82, 2.24) is 9.97 Å². The third kappa shape index (κ3) is 3.64. The van der Waals surface area contributed by atoms with Crippen LogP contribution >= 0.6 is 0 Å². The molecular weight excluding hydrogens is 353 g/mol. The molecule has 0 aliphatic heterocycles. The number of amides is 1. The molecule has 0 fully saturated rings. The second-order valence-corrected chi connectivity index (χ2v) is 6.12. The predicted octanol–water partition coefficient (Wildman–Crippen LogP) is 5.20. The van der Waals surface area contributed by atoms with Gasteiger partial charge in [-0.2, -0.15) is 0 Å². The van der Waals surface area contributed by atoms with Crippen molar-refractivity contribution in [3.8, 4) is 22.5 Å². The lowest BCUT2D eigenvalue weighted by Gasteiger charge is -2.11. The highest BCUT2D eigenvalue weighted by atomic mass is 19.1. The van der Waals surface area contributed by atoms with Crippen molar-refractivity contribution in [2.24, 2.45) is 0 Å². The lowest BCUT2D eigenvalue weighted by molar-refractivity contribution is 0.102. The van der Waals surface area contributed by atoms with E-state index in [0.29, 0.717) is 11.4 Å². The maximum atomic E-state index is 13.8. The zero-order valence-electron chi connectivity index (χ0n) is 14.8. The first-order valence-electron chi connectivity index (χ1n) is 8.76. The number of rotatable bonds is 4. The van der Waals surface area contributed by atoms with Gasteiger partial charge in [-0.15, -0.1) is 0 Å². The Bertz CT molecular complexity index is 1120. The molecule has 0 radical (unpaired) electrons. The van der Waals surface area contributed by atoms with Crippen LogP contribution in [-0.2, 0) is 0 Å². The molecule has 1 amide bonds. The van der Waals surface area contributed by atoms with E-state index in [-0.39, 0.29) is 11.4 Å². The SMILES string of the molecule is O=C(Nc1ccccc1F)c1cnc(-c2ccccc2)c(-c2ccccc2)n1. The number of benzene rings is 3. The highest BCUT2D eigenvalue weighted by Crippen LogP contribution is 2.28. The third-order valence-electron chi connectivity index (χ3n) is 4.22. The zero-order valence-corrected chi connectivity index (χ0v) is 14.8. The molecule has 0 aliphatic carbocycles. The lowest BCUT2D eigenvalue weighted by Crippen LogP contribution is -2.15. The Morgan fingerprint density at radius 2 is 1.32 bits per heavy atom. The third-order valence-corrected chi connectivity index (χ3v) is 4.22. The molecular formula is C23H16FN3O. The van der Waals surface area contributed by atoms with Crippen LogP contribution < -0.4 is 5.32 Å². The fourth-order valence-corrected chi connectivity index (χ4v) is 2.85. The monoisotopic (exact) mass is 369 g/mol. The summed E-state index contributed by atoms with van der Waals surface area (Å²) in [6.45, 7) is 0. The minimum absolute atomic E-state index is 0.0997. The van der Waals surface area contributed by atoms with Crippen LogP contribution in [0.4, 0.5) is 10.1 Å². The molecule has 0 unspecified atom stereocenters. The minimum atomic E-state index is -0.519. The molecule has 4 rings (SSSR count). The number of carbonyl (C=O) groups excluding carboxylic acids is 1. The molecule has 0 bridgehead atoms. The molecule has 1 N–H and O–H groups in total. The summed E-state index contributed by atoms with van der Waals surface area (Å²) >= 11 is 0. The van der Waals surface area contributed by atoms with Gasteiger partial charge in [0.25, 0.3) is 5.91 Å². The van der Waals surface area contributed by atoms with E-state index in [2.05, 4.69) is 15.3 Å². The molecule has 28 heavy (non-hydrogen) atoms. The number of carbonyl (C=O) groups is 1. The van der Waals surface area contributed by atoms with E-state index in [1.807, 2.05) is 60.7 Å². The molecule has 136 valence electrons. The quantitative estimate of drug-likeness (QED) is 0.538. The number of hydrogen-bond donors (Lipinski definition) is 1. The van der Waals surface area contributed by atoms with Gasteiger partial charge >= 0.3 is 0 Å². The fraction of sp³-hybridized carbons (Fsp3) is 0. The molecule has 0 saturated heterocycles. The van der Waals surface area contributed by atoms with E-state index in [4.69, 9.17) is 0 Å². The van der Waals surface area contributed by atoms with E-state index in [1.165, 1.54) is 18.3 Å². The molecule has 1 aromatic heterocycles. The summed E-state index contributed by atoms with van der Waals surface area (Å²) < 4.78 is 13.8. The van der Waals surface area contributed by atoms with Gasteiger partial charge in [0.1, 0.15) is 11.5 Å². The number of para-hydroxylation sites is 1. The first kappa shape index (κ1) is 17.5. The largest absolute Gasteiger partial charge is 0.318 e. The molecule has 0 aliphatic rings. The maximum Gasteiger partial charge on any atom is 0.275 e. The number of aromatic nitrogens is 2. The van der Waals surface area contributed by atoms with Crippen LogP contribution in [0.1, 0.15) is 10.5 Å². The molecule has 3 aromatic carbocycles. The number of nitrogens with one attached hydrogen (secondary N) is 1. The highest BCUT2D eigenvalue weighted by Gasteiger charge is 2.16. The first-order chi connectivity index (χ1) is 13.7. The van der Waals surface area contributed by atoms with Crippen LogP contribution in [0.5, 0.6) is 0 Å². The number of anilines is 1. The van der Waals surface area contributed by atoms with Crippen molar-refractivity contribution < 1.29 is 9.18 Å². The molecule has 0 atom stereocenters. The Labute approximate surface area is 161 Å². The predicted molar refractivity (Wildman–Crippen MR) is 107 cm³/mol. The summed E-state index contributed by atoms with van der Waals surface area (Å²) in [6.07, 6.45) is 1.41. The van der Waals surface area contributed by atoms with Gasteiger partial charge in [-0.3, -0.25) is 9.78 Å². The van der Waals surface area contributed by atoms with Crippen molar-refractivity contribution in [1.29, 1.82) is 0 Å². The first-order valence-corrected chi connectivity index (χ1v) is 8.76. The van der Waals surface area contributed by atoms with Crippen molar-refractivity contribution in [2.75, 3.05) is 5.32 Å². The van der Waals surface area contributed by atoms with Gasteiger partial charge in [-0.25, -0.2) is 9.37 Å². The summed E-state index contributed by atoms with van der Waals surface area (Å²) in [5.74, 6) is -1.03. The van der Waals surface area contributed by atoms with Crippen molar-refractivity contribution in [3.63, 3.8) is 0 Å². The van der Waals surface area contributed by atoms with Gasteiger partial charge in [-0.05, 0) is 12.1 Å². The lowest BCUT2D eigenvalue weighted by atomic mass is 10.0. The summed E-state index contributed by atoms with van der Waals surface area (Å²) in [7, 11) is 0. The number of hydrogen-bond acceptors (Lipinski definition) is 3. The summed E-state index contributed by atoms with van der Waals surface area (Å²) in [6, 6.07) is 25.2. The molecule has 4 aromatic rings. The maximum absolute atomic E-state index is 13.8. The van der Waals surface area contributed by atoms with Gasteiger partial charge in [0.15, 0.2) is 0 Å². The van der Waals surface area contributed by atoms with E-state index in [9.17, 15) is 9.18 Å². The Balaban J connectivity index is 1.76. The van der Waals surface area contributed by atoms with Crippen LogP contribution in [0.2, 0.25) is 0 Å². The summed E-state index contributed by atoms with van der Waals surface area (Å²) in [5, 5.41) is 2.55. The van der Waals surface area contributed by atoms with Gasteiger partial charge in [0.05, 0.1) is 23.3 Å². The molecule has 1 heterocycles. The molecule has 0 spiro atoms. The van der Waals surface area contributed by atoms with Crippen LogP contribution in [-0.4, -0.2) is 15.9 Å². The van der Waals surface area contributed by atoms with E-state index in [1.54, 1.807) is 12.1 Å². The minimum Gasteiger partial charge on any atom is -0.318 e. The van der Waals surface area contributed by atoms with Crippen molar-refractivity contribution in [2.45, 2.75) is 0 Å². The van der Waals surface area contributed by atoms with Gasteiger partial charge in [0.2, 0.25) is 0 Å². The molecule has 4 nitrogen and oxygen atoms in total. The van der Waals surface area contributed by atoms with Crippen LogP contribution in [0, 0.1) is 5.82 Å². The van der Waals surface area contributed by atoms with Crippen LogP contribution in [0.25, 0.3) is 22.5 Å². The Morgan fingerprint density at radius 1 is 0.750 bits per heavy atom. The second-order valence-electron chi connectivity index (χ2n) is 6.12. The normalized spacial score (nSPS) is 10.5. The molecule has 0 saturated carbocycles. The van der Waals surface area contributed by atoms with Crippen molar-refractivity contribution >= 4 is 11.6 Å². The Hall–Kier alpha value is -3.86. The van der Waals surface area contributed by atoms with E-state index >= 15 is 0 Å². The highest BCUT2D eigenvalue weighted by molar-refractivity contribution is 6.03. The number of halogens is 1. The van der Waals surface area contributed by atoms with Crippen LogP contribution in [0.15, 0.2) is 91.1 Å². The summed E-state index contributed by atoms with van der Waals surface area (Å²) in [5.41, 5.74) is 3.22. The second kappa shape index (κ2) is 7.80. The van der Waals surface area contributed by atoms with E-state index in [0.717, 1.165) is 11.1 Å². The Morgan fingerprint density at radius 3 is 1.96 bits per heavy atom. The topological polar surface area (TPSA) is 54.9 Å². The average Bonchev–Trinajstić information content (AvgIpc) is 2.76. The summed E-state index contributed by atoms with van der Waals surface area (Å²) in [4.78, 5) is 21.7. The Kier molecular flexibility index (Phi) is 4.89.